The van der Waals surface area contributed by atoms with Crippen LogP contribution in [0.25, 0.3) is 0 Å². The predicted molar refractivity (Wildman–Crippen MR) is 129 cm³/mol. The van der Waals surface area contributed by atoms with E-state index in [0.717, 1.165) is 0 Å². The maximum atomic E-state index is 14.4. The van der Waals surface area contributed by atoms with Gasteiger partial charge in [0.05, 0.1) is 12.1 Å². The number of amides is 2. The van der Waals surface area contributed by atoms with Gasteiger partial charge in [0.15, 0.2) is 5.78 Å². The smallest absolute Gasteiger partial charge is 0.411 e. The third-order valence-corrected chi connectivity index (χ3v) is 4.64. The molecule has 0 fully saturated rings. The van der Waals surface area contributed by atoms with Gasteiger partial charge in [0.1, 0.15) is 11.2 Å². The Morgan fingerprint density at radius 2 is 1.53 bits per heavy atom. The summed E-state index contributed by atoms with van der Waals surface area (Å²) in [4.78, 5) is 38.1. The van der Waals surface area contributed by atoms with Crippen molar-refractivity contribution in [2.75, 3.05) is 6.54 Å². The van der Waals surface area contributed by atoms with Gasteiger partial charge >= 0.3 is 12.2 Å². The van der Waals surface area contributed by atoms with Crippen LogP contribution in [0.4, 0.5) is 18.4 Å². The van der Waals surface area contributed by atoms with Crippen molar-refractivity contribution in [1.82, 2.24) is 10.2 Å². The molecule has 196 valence electrons. The van der Waals surface area contributed by atoms with Crippen LogP contribution < -0.4 is 5.32 Å². The van der Waals surface area contributed by atoms with Crippen LogP contribution in [-0.2, 0) is 14.3 Å². The molecule has 0 bridgehead atoms. The van der Waals surface area contributed by atoms with Crippen molar-refractivity contribution in [2.24, 2.45) is 0 Å². The molecule has 0 saturated carbocycles. The van der Waals surface area contributed by atoms with Crippen LogP contribution in [0.1, 0.15) is 81.1 Å². The van der Waals surface area contributed by atoms with Crippen LogP contribution in [0, 0.1) is 0 Å². The van der Waals surface area contributed by atoms with Crippen molar-refractivity contribution in [2.45, 2.75) is 110 Å². The van der Waals surface area contributed by atoms with E-state index in [4.69, 9.17) is 9.47 Å². The van der Waals surface area contributed by atoms with Crippen molar-refractivity contribution in [3.8, 4) is 0 Å². The number of Topliss-reactive ketones (excluding diaryl/α,β-unsaturated/α-hetero) is 1. The Balaban J connectivity index is 5.03. The van der Waals surface area contributed by atoms with Crippen molar-refractivity contribution in [3.05, 3.63) is 24.8 Å². The molecule has 0 aromatic heterocycles. The fourth-order valence-electron chi connectivity index (χ4n) is 2.73. The Bertz CT molecular complexity index is 724. The molecule has 0 spiro atoms. The van der Waals surface area contributed by atoms with Crippen LogP contribution >= 0.6 is 0 Å². The van der Waals surface area contributed by atoms with E-state index in [9.17, 15) is 23.2 Å². The average molecular weight is 489 g/mol. The molecule has 0 aliphatic rings. The summed E-state index contributed by atoms with van der Waals surface area (Å²) in [5.41, 5.74) is -1.53. The summed E-state index contributed by atoms with van der Waals surface area (Å²) < 4.78 is 39.3. The number of carbonyl (C=O) groups excluding carboxylic acids is 3. The Morgan fingerprint density at radius 3 is 2.03 bits per heavy atom. The molecule has 0 unspecified atom stereocenters. The van der Waals surface area contributed by atoms with Crippen molar-refractivity contribution in [3.63, 3.8) is 0 Å². The maximum Gasteiger partial charge on any atom is 0.411 e. The molecule has 2 amide bonds. The van der Waals surface area contributed by atoms with Crippen molar-refractivity contribution < 1.29 is 32.6 Å². The van der Waals surface area contributed by atoms with E-state index in [-0.39, 0.29) is 25.2 Å². The van der Waals surface area contributed by atoms with Gasteiger partial charge in [-0.15, -0.1) is 6.58 Å². The minimum atomic E-state index is -3.17. The molecule has 0 rings (SSSR count). The van der Waals surface area contributed by atoms with Gasteiger partial charge in [-0.2, -0.15) is 0 Å². The molecule has 34 heavy (non-hydrogen) atoms. The summed E-state index contributed by atoms with van der Waals surface area (Å²) in [7, 11) is 0. The van der Waals surface area contributed by atoms with Crippen LogP contribution in [-0.4, -0.2) is 58.6 Å². The molecule has 2 atom stereocenters. The maximum absolute atomic E-state index is 14.4. The number of ether oxygens (including phenoxy) is 2. The number of hydrogen-bond donors (Lipinski definition) is 1. The van der Waals surface area contributed by atoms with Gasteiger partial charge in [0, 0.05) is 19.4 Å². The standard InChI is InChI=1S/C25H42F2N2O5/c1-10-11-15-20(30)18(2)29(22(32)34-24(7,8)9)17-14-12-13-16-25(26,27)19(3)28-21(31)33-23(4,5)6/h10,12,14,18-19H,1,11,13,15-17H2,2-9H3,(H,28,31)/b14-12+/t18-,19+/m1/s1. The van der Waals surface area contributed by atoms with Gasteiger partial charge in [-0.25, -0.2) is 18.4 Å². The van der Waals surface area contributed by atoms with Gasteiger partial charge in [-0.1, -0.05) is 18.2 Å². The zero-order valence-corrected chi connectivity index (χ0v) is 21.9. The van der Waals surface area contributed by atoms with Crippen molar-refractivity contribution in [1.29, 1.82) is 0 Å². The number of allylic oxidation sites excluding steroid dienone is 2. The molecular weight excluding hydrogens is 446 g/mol. The van der Waals surface area contributed by atoms with Gasteiger partial charge in [0.25, 0.3) is 5.92 Å². The molecule has 0 aliphatic heterocycles. The summed E-state index contributed by atoms with van der Waals surface area (Å²) in [5.74, 6) is -3.31. The van der Waals surface area contributed by atoms with Crippen LogP contribution in [0.15, 0.2) is 24.8 Å². The normalized spacial score (nSPS) is 14.3. The summed E-state index contributed by atoms with van der Waals surface area (Å²) in [6.07, 6.45) is 3.37. The highest BCUT2D eigenvalue weighted by Gasteiger charge is 2.37. The van der Waals surface area contributed by atoms with Gasteiger partial charge in [-0.05, 0) is 68.2 Å². The molecule has 0 radical (unpaired) electrons. The minimum absolute atomic E-state index is 0.00822. The highest BCUT2D eigenvalue weighted by Crippen LogP contribution is 2.25. The van der Waals surface area contributed by atoms with Crippen LogP contribution in [0.3, 0.4) is 0 Å². The van der Waals surface area contributed by atoms with Gasteiger partial charge in [-0.3, -0.25) is 9.69 Å². The number of alkyl carbamates (subject to hydrolysis) is 1. The monoisotopic (exact) mass is 488 g/mol. The molecule has 0 aromatic carbocycles. The first-order valence-corrected chi connectivity index (χ1v) is 11.5. The number of alkyl halides is 2. The second kappa shape index (κ2) is 13.4. The molecule has 0 aliphatic carbocycles. The third-order valence-electron chi connectivity index (χ3n) is 4.64. The Labute approximate surface area is 202 Å². The lowest BCUT2D eigenvalue weighted by molar-refractivity contribution is -0.123. The predicted octanol–water partition coefficient (Wildman–Crippen LogP) is 6.03. The van der Waals surface area contributed by atoms with E-state index >= 15 is 0 Å². The van der Waals surface area contributed by atoms with E-state index in [1.807, 2.05) is 0 Å². The fourth-order valence-corrected chi connectivity index (χ4v) is 2.73. The average Bonchev–Trinajstić information content (AvgIpc) is 2.65. The Morgan fingerprint density at radius 1 is 0.971 bits per heavy atom. The second-order valence-corrected chi connectivity index (χ2v) is 10.2. The second-order valence-electron chi connectivity index (χ2n) is 10.2. The number of ketones is 1. The molecule has 9 heteroatoms. The lowest BCUT2D eigenvalue weighted by Gasteiger charge is -2.30. The van der Waals surface area contributed by atoms with E-state index in [1.165, 1.54) is 17.9 Å². The first-order valence-electron chi connectivity index (χ1n) is 11.5. The summed E-state index contributed by atoms with van der Waals surface area (Å²) >= 11 is 0. The summed E-state index contributed by atoms with van der Waals surface area (Å²) in [6.45, 7) is 16.6. The Hall–Kier alpha value is -2.45. The van der Waals surface area contributed by atoms with Crippen molar-refractivity contribution >= 4 is 18.0 Å². The SMILES string of the molecule is C=CCCC(=O)[C@@H](C)N(C/C=C/CCC(F)(F)[C@H](C)NC(=O)OC(C)(C)C)C(=O)OC(C)(C)C. The van der Waals surface area contributed by atoms with E-state index in [1.54, 1.807) is 60.6 Å². The third kappa shape index (κ3) is 13.3. The molecule has 7 nitrogen and oxygen atoms in total. The number of rotatable bonds is 12. The van der Waals surface area contributed by atoms with E-state index in [2.05, 4.69) is 11.9 Å². The first kappa shape index (κ1) is 31.6. The van der Waals surface area contributed by atoms with E-state index < -0.39 is 47.8 Å². The lowest BCUT2D eigenvalue weighted by atomic mass is 10.1. The molecule has 0 saturated heterocycles. The number of carbonyl (C=O) groups is 3. The number of hydrogen-bond acceptors (Lipinski definition) is 5. The number of nitrogens with zero attached hydrogens (tertiary/aromatic N) is 1. The quantitative estimate of drug-likeness (QED) is 0.339. The zero-order valence-electron chi connectivity index (χ0n) is 21.9. The molecule has 0 heterocycles. The first-order chi connectivity index (χ1) is 15.4. The van der Waals surface area contributed by atoms with Crippen LogP contribution in [0.5, 0.6) is 0 Å². The molecule has 0 aromatic rings. The summed E-state index contributed by atoms with van der Waals surface area (Å²) in [5, 5.41) is 2.17. The van der Waals surface area contributed by atoms with Gasteiger partial charge < -0.3 is 14.8 Å². The number of nitrogens with one attached hydrogen (secondary N) is 1. The van der Waals surface area contributed by atoms with Gasteiger partial charge in [0.2, 0.25) is 0 Å². The highest BCUT2D eigenvalue weighted by molar-refractivity contribution is 5.87. The molecular formula is C25H42F2N2O5. The molecule has 1 N–H and O–H groups in total. The minimum Gasteiger partial charge on any atom is -0.444 e. The highest BCUT2D eigenvalue weighted by atomic mass is 19.3. The number of halogens is 2. The fraction of sp³-hybridized carbons (Fsp3) is 0.720. The van der Waals surface area contributed by atoms with Crippen LogP contribution in [0.2, 0.25) is 0 Å². The largest absolute Gasteiger partial charge is 0.444 e. The lowest BCUT2D eigenvalue weighted by Crippen LogP contribution is -2.47. The summed E-state index contributed by atoms with van der Waals surface area (Å²) in [6, 6.07) is -2.16. The van der Waals surface area contributed by atoms with E-state index in [0.29, 0.717) is 6.42 Å². The Kier molecular flexibility index (Phi) is 12.5. The zero-order chi connectivity index (χ0) is 26.7. The topological polar surface area (TPSA) is 84.9 Å².